The Labute approximate surface area is 126 Å². The molecule has 1 rings (SSSR count). The third kappa shape index (κ3) is 4.81. The van der Waals surface area contributed by atoms with Gasteiger partial charge in [-0.05, 0) is 25.3 Å². The van der Waals surface area contributed by atoms with E-state index in [9.17, 15) is 4.79 Å². The van der Waals surface area contributed by atoms with Crippen molar-refractivity contribution in [2.75, 3.05) is 25.6 Å². The highest BCUT2D eigenvalue weighted by Gasteiger charge is 2.24. The van der Waals surface area contributed by atoms with Gasteiger partial charge < -0.3 is 4.90 Å². The molecular weight excluding hydrogens is 270 g/mol. The summed E-state index contributed by atoms with van der Waals surface area (Å²) in [7, 11) is 2.07. The molecule has 1 aromatic carbocycles. The summed E-state index contributed by atoms with van der Waals surface area (Å²) in [5.41, 5.74) is 3.29. The normalized spacial score (nSPS) is 14.1. The van der Waals surface area contributed by atoms with Crippen molar-refractivity contribution in [3.63, 3.8) is 0 Å². The van der Waals surface area contributed by atoms with Crippen molar-refractivity contribution in [1.29, 1.82) is 0 Å². The van der Waals surface area contributed by atoms with Crippen LogP contribution in [0.15, 0.2) is 30.3 Å². The van der Waals surface area contributed by atoms with Crippen LogP contribution in [-0.2, 0) is 4.79 Å². The molecule has 5 heteroatoms. The summed E-state index contributed by atoms with van der Waals surface area (Å²) in [4.78, 5) is 14.3. The molecule has 2 atom stereocenters. The number of carbonyl (C=O) groups is 1. The Morgan fingerprint density at radius 2 is 2.05 bits per heavy atom. The molecule has 0 spiro atoms. The average Bonchev–Trinajstić information content (AvgIpc) is 2.50. The predicted octanol–water partition coefficient (Wildman–Crippen LogP) is 1.83. The monoisotopic (exact) mass is 295 g/mol. The van der Waals surface area contributed by atoms with Crippen LogP contribution >= 0.6 is 11.8 Å². The zero-order chi connectivity index (χ0) is 15.0. The van der Waals surface area contributed by atoms with E-state index < -0.39 is 0 Å². The number of benzene rings is 1. The fourth-order valence-corrected chi connectivity index (χ4v) is 3.19. The maximum absolute atomic E-state index is 12.0. The van der Waals surface area contributed by atoms with Crippen LogP contribution in [0.5, 0.6) is 0 Å². The average molecular weight is 295 g/mol. The number of hydrazine groups is 1. The first-order valence-corrected chi connectivity index (χ1v) is 8.28. The summed E-state index contributed by atoms with van der Waals surface area (Å²) in [6.07, 6.45) is 3.18. The van der Waals surface area contributed by atoms with Gasteiger partial charge in [0.2, 0.25) is 5.91 Å². The Hall–Kier alpha value is -1.04. The molecule has 0 aliphatic heterocycles. The maximum Gasteiger partial charge on any atom is 0.242 e. The van der Waals surface area contributed by atoms with Crippen LogP contribution in [0, 0.1) is 0 Å². The van der Waals surface area contributed by atoms with Gasteiger partial charge in [0.05, 0.1) is 5.92 Å². The molecule has 112 valence electrons. The Balaban J connectivity index is 2.83. The van der Waals surface area contributed by atoms with Crippen LogP contribution in [0.4, 0.5) is 0 Å². The summed E-state index contributed by atoms with van der Waals surface area (Å²) in [6.45, 7) is 2.85. The van der Waals surface area contributed by atoms with E-state index in [1.807, 2.05) is 42.1 Å². The minimum absolute atomic E-state index is 0.137. The minimum Gasteiger partial charge on any atom is -0.301 e. The molecule has 1 amide bonds. The van der Waals surface area contributed by atoms with Crippen LogP contribution in [0.3, 0.4) is 0 Å². The van der Waals surface area contributed by atoms with Gasteiger partial charge in [-0.2, -0.15) is 11.8 Å². The van der Waals surface area contributed by atoms with E-state index in [4.69, 9.17) is 5.84 Å². The Morgan fingerprint density at radius 3 is 2.55 bits per heavy atom. The van der Waals surface area contributed by atoms with Crippen molar-refractivity contribution in [1.82, 2.24) is 10.3 Å². The molecular formula is C15H25N3OS. The van der Waals surface area contributed by atoms with Crippen LogP contribution < -0.4 is 11.3 Å². The standard InChI is InChI=1S/C15H25N3OS/c1-4-13(11-20-3)18(2)10-14(15(19)17-16)12-8-6-5-7-9-12/h5-9,13-14H,4,10-11,16H2,1-3H3,(H,17,19). The first-order valence-electron chi connectivity index (χ1n) is 6.88. The number of likely N-dealkylation sites (N-methyl/N-ethyl adjacent to an activating group) is 1. The molecule has 2 unspecified atom stereocenters. The van der Waals surface area contributed by atoms with Crippen molar-refractivity contribution in [3.05, 3.63) is 35.9 Å². The lowest BCUT2D eigenvalue weighted by atomic mass is 9.97. The Morgan fingerprint density at radius 1 is 1.40 bits per heavy atom. The number of thioether (sulfide) groups is 1. The van der Waals surface area contributed by atoms with Gasteiger partial charge in [-0.15, -0.1) is 0 Å². The molecule has 0 bridgehead atoms. The largest absolute Gasteiger partial charge is 0.301 e. The Kier molecular flexibility index (Phi) is 7.65. The van der Waals surface area contributed by atoms with Gasteiger partial charge in [0.1, 0.15) is 0 Å². The van der Waals surface area contributed by atoms with Crippen LogP contribution in [-0.4, -0.2) is 42.4 Å². The number of hydrogen-bond donors (Lipinski definition) is 2. The van der Waals surface area contributed by atoms with Crippen LogP contribution in [0.25, 0.3) is 0 Å². The molecule has 0 heterocycles. The highest BCUT2D eigenvalue weighted by molar-refractivity contribution is 7.98. The summed E-state index contributed by atoms with van der Waals surface area (Å²) >= 11 is 1.83. The van der Waals surface area contributed by atoms with Crippen LogP contribution in [0.2, 0.25) is 0 Å². The van der Waals surface area contributed by atoms with Gasteiger partial charge in [-0.1, -0.05) is 37.3 Å². The molecule has 0 aliphatic carbocycles. The Bertz CT molecular complexity index is 399. The van der Waals surface area contributed by atoms with Gasteiger partial charge >= 0.3 is 0 Å². The highest BCUT2D eigenvalue weighted by Crippen LogP contribution is 2.19. The van der Waals surface area contributed by atoms with E-state index in [0.29, 0.717) is 12.6 Å². The number of nitrogens with two attached hydrogens (primary N) is 1. The summed E-state index contributed by atoms with van der Waals surface area (Å²) in [5.74, 6) is 6.03. The lowest BCUT2D eigenvalue weighted by molar-refractivity contribution is -0.123. The number of nitrogens with zero attached hydrogens (tertiary/aromatic N) is 1. The van der Waals surface area contributed by atoms with E-state index in [1.54, 1.807) is 0 Å². The van der Waals surface area contributed by atoms with E-state index in [1.165, 1.54) is 0 Å². The molecule has 0 aliphatic rings. The zero-order valence-electron chi connectivity index (χ0n) is 12.5. The smallest absolute Gasteiger partial charge is 0.242 e. The van der Waals surface area contributed by atoms with Crippen molar-refractivity contribution >= 4 is 17.7 Å². The molecule has 0 saturated heterocycles. The number of amides is 1. The third-order valence-electron chi connectivity index (χ3n) is 3.58. The molecule has 0 radical (unpaired) electrons. The number of carbonyl (C=O) groups excluding carboxylic acids is 1. The SMILES string of the molecule is CCC(CSC)N(C)CC(C(=O)NN)c1ccccc1. The van der Waals surface area contributed by atoms with Gasteiger partial charge in [-0.25, -0.2) is 5.84 Å². The van der Waals surface area contributed by atoms with Gasteiger partial charge in [0.15, 0.2) is 0 Å². The first kappa shape index (κ1) is 17.0. The number of rotatable bonds is 8. The van der Waals surface area contributed by atoms with Gasteiger partial charge in [0, 0.05) is 18.3 Å². The second kappa shape index (κ2) is 9.00. The van der Waals surface area contributed by atoms with E-state index in [-0.39, 0.29) is 11.8 Å². The number of hydrogen-bond acceptors (Lipinski definition) is 4. The highest BCUT2D eigenvalue weighted by atomic mass is 32.2. The van der Waals surface area contributed by atoms with E-state index >= 15 is 0 Å². The molecule has 0 aromatic heterocycles. The molecule has 3 N–H and O–H groups in total. The van der Waals surface area contributed by atoms with Crippen molar-refractivity contribution in [3.8, 4) is 0 Å². The van der Waals surface area contributed by atoms with Crippen LogP contribution in [0.1, 0.15) is 24.8 Å². The molecule has 0 saturated carbocycles. The van der Waals surface area contributed by atoms with Crippen molar-refractivity contribution in [2.24, 2.45) is 5.84 Å². The quantitative estimate of drug-likeness (QED) is 0.436. The van der Waals surface area contributed by atoms with E-state index in [2.05, 4.69) is 30.6 Å². The fourth-order valence-electron chi connectivity index (χ4n) is 2.31. The predicted molar refractivity (Wildman–Crippen MR) is 86.6 cm³/mol. The second-order valence-electron chi connectivity index (χ2n) is 4.93. The second-order valence-corrected chi connectivity index (χ2v) is 5.84. The maximum atomic E-state index is 12.0. The molecule has 20 heavy (non-hydrogen) atoms. The summed E-state index contributed by atoms with van der Waals surface area (Å²) in [5, 5.41) is 0. The lowest BCUT2D eigenvalue weighted by Crippen LogP contribution is -2.43. The van der Waals surface area contributed by atoms with Crippen molar-refractivity contribution in [2.45, 2.75) is 25.3 Å². The number of nitrogens with one attached hydrogen (secondary N) is 1. The first-order chi connectivity index (χ1) is 9.63. The summed E-state index contributed by atoms with van der Waals surface area (Å²) < 4.78 is 0. The molecule has 1 aromatic rings. The molecule has 0 fully saturated rings. The minimum atomic E-state index is -0.234. The van der Waals surface area contributed by atoms with Crippen molar-refractivity contribution < 1.29 is 4.79 Å². The topological polar surface area (TPSA) is 58.4 Å². The third-order valence-corrected chi connectivity index (χ3v) is 4.30. The fraction of sp³-hybridized carbons (Fsp3) is 0.533. The van der Waals surface area contributed by atoms with Gasteiger partial charge in [-0.3, -0.25) is 10.2 Å². The molecule has 4 nitrogen and oxygen atoms in total. The lowest BCUT2D eigenvalue weighted by Gasteiger charge is -2.30. The summed E-state index contributed by atoms with van der Waals surface area (Å²) in [6, 6.07) is 10.3. The van der Waals surface area contributed by atoms with E-state index in [0.717, 1.165) is 17.7 Å². The zero-order valence-corrected chi connectivity index (χ0v) is 13.3. The van der Waals surface area contributed by atoms with Gasteiger partial charge in [0.25, 0.3) is 0 Å².